The van der Waals surface area contributed by atoms with Gasteiger partial charge in [0.15, 0.2) is 11.6 Å². The van der Waals surface area contributed by atoms with Crippen LogP contribution in [0.2, 0.25) is 0 Å². The van der Waals surface area contributed by atoms with E-state index in [-0.39, 0.29) is 25.7 Å². The molecule has 0 aromatic heterocycles. The average Bonchev–Trinajstić information content (AvgIpc) is 2.31. The van der Waals surface area contributed by atoms with Crippen molar-refractivity contribution in [3.63, 3.8) is 0 Å². The molecule has 18 heavy (non-hydrogen) atoms. The number of carboxylic acid groups (broad SMARTS) is 2. The molecule has 2 atom stereocenters. The van der Waals surface area contributed by atoms with Crippen LogP contribution in [0.3, 0.4) is 0 Å². The van der Waals surface area contributed by atoms with Crippen LogP contribution in [-0.4, -0.2) is 56.1 Å². The van der Waals surface area contributed by atoms with E-state index in [1.54, 1.807) is 0 Å². The molecule has 102 valence electrons. The van der Waals surface area contributed by atoms with Gasteiger partial charge in [-0.1, -0.05) is 0 Å². The zero-order valence-electron chi connectivity index (χ0n) is 9.40. The molecule has 0 aliphatic heterocycles. The maximum Gasteiger partial charge on any atom is 0.340 e. The molecule has 0 saturated carbocycles. The number of rotatable bonds is 9. The second kappa shape index (κ2) is 7.51. The van der Waals surface area contributed by atoms with Gasteiger partial charge in [-0.05, 0) is 12.8 Å². The average molecular weight is 262 g/mol. The summed E-state index contributed by atoms with van der Waals surface area (Å²) >= 11 is 0. The first kappa shape index (κ1) is 16.2. The third-order valence-corrected chi connectivity index (χ3v) is 2.17. The number of hydrogen-bond acceptors (Lipinski definition) is 6. The number of Topliss-reactive ketones (excluding diaryl/α,β-unsaturated/α-hetero) is 2. The molecule has 0 radical (unpaired) electrons. The molecule has 0 bridgehead atoms. The van der Waals surface area contributed by atoms with Crippen molar-refractivity contribution in [1.29, 1.82) is 0 Å². The van der Waals surface area contributed by atoms with Gasteiger partial charge in [0.1, 0.15) is 0 Å². The second-order valence-electron chi connectivity index (χ2n) is 3.62. The first-order chi connectivity index (χ1) is 8.27. The van der Waals surface area contributed by atoms with Crippen LogP contribution in [-0.2, 0) is 19.2 Å². The van der Waals surface area contributed by atoms with Crippen LogP contribution in [0.5, 0.6) is 0 Å². The molecule has 8 heteroatoms. The Hall–Kier alpha value is -1.80. The minimum Gasteiger partial charge on any atom is -0.479 e. The standard InChI is InChI=1S/C10H14O8/c11-5(7(13)9(15)16)3-1-2-4-6(12)8(14)10(17)18/h7-8,13-14H,1-4H2,(H,15,16)(H,17,18). The predicted octanol–water partition coefficient (Wildman–Crippen LogP) is -1.42. The summed E-state index contributed by atoms with van der Waals surface area (Å²) in [5, 5.41) is 34.3. The fraction of sp³-hybridized carbons (Fsp3) is 0.600. The van der Waals surface area contributed by atoms with E-state index in [2.05, 4.69) is 0 Å². The van der Waals surface area contributed by atoms with Crippen molar-refractivity contribution >= 4 is 23.5 Å². The Bertz CT molecular complexity index is 314. The lowest BCUT2D eigenvalue weighted by molar-refractivity contribution is -0.153. The van der Waals surface area contributed by atoms with Gasteiger partial charge in [0, 0.05) is 12.8 Å². The van der Waals surface area contributed by atoms with Gasteiger partial charge in [0.25, 0.3) is 0 Å². The second-order valence-corrected chi connectivity index (χ2v) is 3.62. The topological polar surface area (TPSA) is 149 Å². The van der Waals surface area contributed by atoms with E-state index >= 15 is 0 Å². The van der Waals surface area contributed by atoms with Crippen molar-refractivity contribution in [3.8, 4) is 0 Å². The number of aliphatic carboxylic acids is 2. The maximum atomic E-state index is 11.0. The summed E-state index contributed by atoms with van der Waals surface area (Å²) in [6.07, 6.45) is -4.37. The fourth-order valence-corrected chi connectivity index (χ4v) is 1.15. The Morgan fingerprint density at radius 2 is 1.00 bits per heavy atom. The molecule has 0 saturated heterocycles. The molecule has 0 amide bonds. The highest BCUT2D eigenvalue weighted by Crippen LogP contribution is 2.05. The summed E-state index contributed by atoms with van der Waals surface area (Å²) < 4.78 is 0. The van der Waals surface area contributed by atoms with Crippen molar-refractivity contribution in [1.82, 2.24) is 0 Å². The van der Waals surface area contributed by atoms with E-state index < -0.39 is 35.7 Å². The van der Waals surface area contributed by atoms with Gasteiger partial charge in [-0.25, -0.2) is 9.59 Å². The van der Waals surface area contributed by atoms with E-state index in [1.807, 2.05) is 0 Å². The maximum absolute atomic E-state index is 11.0. The summed E-state index contributed by atoms with van der Waals surface area (Å²) in [5.74, 6) is -5.04. The number of hydrogen-bond donors (Lipinski definition) is 4. The van der Waals surface area contributed by atoms with Crippen LogP contribution in [0.25, 0.3) is 0 Å². The van der Waals surface area contributed by atoms with Gasteiger partial charge in [0.05, 0.1) is 0 Å². The predicted molar refractivity (Wildman–Crippen MR) is 55.8 cm³/mol. The van der Waals surface area contributed by atoms with E-state index in [4.69, 9.17) is 20.4 Å². The minimum atomic E-state index is -2.08. The molecule has 0 aliphatic carbocycles. The summed E-state index contributed by atoms with van der Waals surface area (Å²) in [6, 6.07) is 0. The Morgan fingerprint density at radius 3 is 1.22 bits per heavy atom. The van der Waals surface area contributed by atoms with Gasteiger partial charge in [-0.15, -0.1) is 0 Å². The largest absolute Gasteiger partial charge is 0.479 e. The summed E-state index contributed by atoms with van der Waals surface area (Å²) in [5.41, 5.74) is 0. The zero-order valence-corrected chi connectivity index (χ0v) is 9.40. The number of carboxylic acids is 2. The molecular formula is C10H14O8. The van der Waals surface area contributed by atoms with Crippen molar-refractivity contribution < 1.29 is 39.6 Å². The summed E-state index contributed by atoms with van der Waals surface area (Å²) in [6.45, 7) is 0. The van der Waals surface area contributed by atoms with Crippen molar-refractivity contribution in [2.75, 3.05) is 0 Å². The summed E-state index contributed by atoms with van der Waals surface area (Å²) in [7, 11) is 0. The van der Waals surface area contributed by atoms with Crippen LogP contribution >= 0.6 is 0 Å². The van der Waals surface area contributed by atoms with Gasteiger partial charge < -0.3 is 20.4 Å². The smallest absolute Gasteiger partial charge is 0.340 e. The highest BCUT2D eigenvalue weighted by atomic mass is 16.4. The molecule has 0 aliphatic rings. The highest BCUT2D eigenvalue weighted by molar-refractivity contribution is 6.01. The first-order valence-electron chi connectivity index (χ1n) is 5.14. The molecule has 0 rings (SSSR count). The third-order valence-electron chi connectivity index (χ3n) is 2.17. The van der Waals surface area contributed by atoms with E-state index in [0.29, 0.717) is 0 Å². The number of unbranched alkanes of at least 4 members (excludes halogenated alkanes) is 1. The molecule has 0 heterocycles. The lowest BCUT2D eigenvalue weighted by atomic mass is 10.0. The number of carbonyl (C=O) groups excluding carboxylic acids is 2. The van der Waals surface area contributed by atoms with Gasteiger partial charge >= 0.3 is 11.9 Å². The van der Waals surface area contributed by atoms with Crippen LogP contribution in [0.1, 0.15) is 25.7 Å². The number of aliphatic hydroxyl groups is 2. The van der Waals surface area contributed by atoms with E-state index in [1.165, 1.54) is 0 Å². The van der Waals surface area contributed by atoms with E-state index in [9.17, 15) is 19.2 Å². The molecule has 8 nitrogen and oxygen atoms in total. The molecule has 0 spiro atoms. The molecule has 0 fully saturated rings. The third kappa shape index (κ3) is 5.51. The number of aliphatic hydroxyl groups excluding tert-OH is 2. The van der Waals surface area contributed by atoms with Crippen LogP contribution in [0.15, 0.2) is 0 Å². The molecule has 2 unspecified atom stereocenters. The highest BCUT2D eigenvalue weighted by Gasteiger charge is 2.24. The van der Waals surface area contributed by atoms with Crippen molar-refractivity contribution in [2.45, 2.75) is 37.9 Å². The normalized spacial score (nSPS) is 13.7. The molecule has 0 aromatic rings. The lowest BCUT2D eigenvalue weighted by Gasteiger charge is -2.05. The lowest BCUT2D eigenvalue weighted by Crippen LogP contribution is -2.30. The molecule has 0 aromatic carbocycles. The number of carbonyl (C=O) groups is 4. The quantitative estimate of drug-likeness (QED) is 0.292. The van der Waals surface area contributed by atoms with E-state index in [0.717, 1.165) is 0 Å². The van der Waals surface area contributed by atoms with Crippen molar-refractivity contribution in [3.05, 3.63) is 0 Å². The van der Waals surface area contributed by atoms with Gasteiger partial charge in [-0.3, -0.25) is 9.59 Å². The zero-order chi connectivity index (χ0) is 14.3. The Kier molecular flexibility index (Phi) is 6.76. The number of ketones is 2. The van der Waals surface area contributed by atoms with Gasteiger partial charge in [-0.2, -0.15) is 0 Å². The van der Waals surface area contributed by atoms with Gasteiger partial charge in [0.2, 0.25) is 12.2 Å². The Morgan fingerprint density at radius 1 is 0.722 bits per heavy atom. The first-order valence-corrected chi connectivity index (χ1v) is 5.14. The summed E-state index contributed by atoms with van der Waals surface area (Å²) in [4.78, 5) is 42.5. The van der Waals surface area contributed by atoms with Crippen LogP contribution in [0.4, 0.5) is 0 Å². The monoisotopic (exact) mass is 262 g/mol. The van der Waals surface area contributed by atoms with Crippen LogP contribution in [0, 0.1) is 0 Å². The molecule has 4 N–H and O–H groups in total. The molecular weight excluding hydrogens is 248 g/mol. The van der Waals surface area contributed by atoms with Crippen LogP contribution < -0.4 is 0 Å². The van der Waals surface area contributed by atoms with Crippen molar-refractivity contribution in [2.24, 2.45) is 0 Å². The fourth-order valence-electron chi connectivity index (χ4n) is 1.15. The Balaban J connectivity index is 3.88. The Labute approximate surface area is 102 Å². The SMILES string of the molecule is O=C(O)C(O)C(=O)CCCCC(=O)C(O)C(=O)O. The minimum absolute atomic E-state index is 0.126.